The van der Waals surface area contributed by atoms with E-state index in [1.165, 1.54) is 11.1 Å². The lowest BCUT2D eigenvalue weighted by atomic mass is 10.0. The van der Waals surface area contributed by atoms with Crippen molar-refractivity contribution in [3.05, 3.63) is 65.7 Å². The molecule has 0 radical (unpaired) electrons. The van der Waals surface area contributed by atoms with Gasteiger partial charge in [-0.15, -0.1) is 0 Å². The molecule has 0 saturated heterocycles. The molecule has 0 aliphatic heterocycles. The first kappa shape index (κ1) is 15.5. The van der Waals surface area contributed by atoms with Crippen LogP contribution in [0, 0.1) is 0 Å². The number of likely N-dealkylation sites (N-methyl/N-ethyl adjacent to an activating group) is 1. The molecular formula is C18H24N2O. The second-order valence-corrected chi connectivity index (χ2v) is 5.24. The van der Waals surface area contributed by atoms with Crippen molar-refractivity contribution >= 4 is 0 Å². The lowest BCUT2D eigenvalue weighted by Crippen LogP contribution is -2.32. The Balaban J connectivity index is 2.02. The number of hydrogen-bond acceptors (Lipinski definition) is 3. The summed E-state index contributed by atoms with van der Waals surface area (Å²) in [7, 11) is 3.82. The smallest absolute Gasteiger partial charge is 0.119 e. The van der Waals surface area contributed by atoms with Crippen LogP contribution in [0.1, 0.15) is 17.2 Å². The van der Waals surface area contributed by atoms with Crippen LogP contribution in [-0.2, 0) is 6.42 Å². The molecule has 0 spiro atoms. The quantitative estimate of drug-likeness (QED) is 0.849. The lowest BCUT2D eigenvalue weighted by Gasteiger charge is -2.27. The predicted octanol–water partition coefficient (Wildman–Crippen LogP) is 2.87. The number of rotatable bonds is 7. The highest BCUT2D eigenvalue weighted by molar-refractivity contribution is 5.30. The molecular weight excluding hydrogens is 260 g/mol. The molecule has 0 saturated carbocycles. The minimum absolute atomic E-state index is 0.212. The highest BCUT2D eigenvalue weighted by Gasteiger charge is 2.15. The van der Waals surface area contributed by atoms with Gasteiger partial charge in [-0.05, 0) is 36.7 Å². The third kappa shape index (κ3) is 4.31. The fourth-order valence-electron chi connectivity index (χ4n) is 2.53. The fraction of sp³-hybridized carbons (Fsp3) is 0.333. The molecule has 0 amide bonds. The van der Waals surface area contributed by atoms with Crippen LogP contribution >= 0.6 is 0 Å². The van der Waals surface area contributed by atoms with Crippen molar-refractivity contribution in [3.8, 4) is 5.75 Å². The van der Waals surface area contributed by atoms with Crippen LogP contribution in [0.15, 0.2) is 54.6 Å². The molecule has 0 aromatic heterocycles. The van der Waals surface area contributed by atoms with E-state index in [0.717, 1.165) is 18.7 Å². The molecule has 2 N–H and O–H groups in total. The van der Waals surface area contributed by atoms with Gasteiger partial charge < -0.3 is 10.5 Å². The molecule has 0 aliphatic carbocycles. The van der Waals surface area contributed by atoms with Gasteiger partial charge in [-0.25, -0.2) is 0 Å². The maximum Gasteiger partial charge on any atom is 0.119 e. The Labute approximate surface area is 127 Å². The summed E-state index contributed by atoms with van der Waals surface area (Å²) in [6.45, 7) is 1.57. The van der Waals surface area contributed by atoms with Gasteiger partial charge in [-0.1, -0.05) is 42.5 Å². The van der Waals surface area contributed by atoms with Crippen LogP contribution in [0.25, 0.3) is 0 Å². The molecule has 0 fully saturated rings. The van der Waals surface area contributed by atoms with Crippen molar-refractivity contribution in [2.24, 2.45) is 5.73 Å². The Hall–Kier alpha value is -1.84. The summed E-state index contributed by atoms with van der Waals surface area (Å²) in [5.41, 5.74) is 8.54. The van der Waals surface area contributed by atoms with E-state index in [1.807, 2.05) is 18.2 Å². The summed E-state index contributed by atoms with van der Waals surface area (Å²) in [5, 5.41) is 0. The van der Waals surface area contributed by atoms with Gasteiger partial charge in [0, 0.05) is 19.1 Å². The fourth-order valence-corrected chi connectivity index (χ4v) is 2.53. The maximum absolute atomic E-state index is 5.98. The van der Waals surface area contributed by atoms with Crippen LogP contribution < -0.4 is 10.5 Å². The zero-order valence-electron chi connectivity index (χ0n) is 12.8. The Bertz CT molecular complexity index is 542. The standard InChI is InChI=1S/C18H24N2O/c1-20(12-11-15-7-4-3-5-8-15)18(14-19)16-9-6-10-17(13-16)21-2/h3-10,13,18H,11-12,14,19H2,1-2H3. The summed E-state index contributed by atoms with van der Waals surface area (Å²) >= 11 is 0. The topological polar surface area (TPSA) is 38.5 Å². The zero-order valence-corrected chi connectivity index (χ0v) is 12.8. The third-order valence-corrected chi connectivity index (χ3v) is 3.83. The molecule has 3 nitrogen and oxygen atoms in total. The van der Waals surface area contributed by atoms with Gasteiger partial charge in [0.25, 0.3) is 0 Å². The number of ether oxygens (including phenoxy) is 1. The first-order chi connectivity index (χ1) is 10.2. The average molecular weight is 284 g/mol. The SMILES string of the molecule is COc1cccc(C(CN)N(C)CCc2ccccc2)c1. The van der Waals surface area contributed by atoms with E-state index >= 15 is 0 Å². The second kappa shape index (κ2) is 7.81. The van der Waals surface area contributed by atoms with E-state index in [9.17, 15) is 0 Å². The molecule has 0 bridgehead atoms. The number of hydrogen-bond donors (Lipinski definition) is 1. The van der Waals surface area contributed by atoms with Gasteiger partial charge in [-0.2, -0.15) is 0 Å². The molecule has 3 heteroatoms. The van der Waals surface area contributed by atoms with Crippen molar-refractivity contribution in [2.45, 2.75) is 12.5 Å². The van der Waals surface area contributed by atoms with Crippen LogP contribution in [0.4, 0.5) is 0 Å². The predicted molar refractivity (Wildman–Crippen MR) is 87.6 cm³/mol. The Morgan fingerprint density at radius 3 is 2.52 bits per heavy atom. The van der Waals surface area contributed by atoms with Gasteiger partial charge >= 0.3 is 0 Å². The van der Waals surface area contributed by atoms with Crippen molar-refractivity contribution in [2.75, 3.05) is 27.2 Å². The van der Waals surface area contributed by atoms with E-state index < -0.39 is 0 Å². The summed E-state index contributed by atoms with van der Waals surface area (Å²) < 4.78 is 5.30. The van der Waals surface area contributed by atoms with Crippen LogP contribution in [0.2, 0.25) is 0 Å². The van der Waals surface area contributed by atoms with Crippen LogP contribution in [0.3, 0.4) is 0 Å². The molecule has 0 aliphatic rings. The van der Waals surface area contributed by atoms with E-state index in [1.54, 1.807) is 7.11 Å². The van der Waals surface area contributed by atoms with Crippen LogP contribution in [0.5, 0.6) is 5.75 Å². The van der Waals surface area contributed by atoms with E-state index in [2.05, 4.69) is 48.3 Å². The average Bonchev–Trinajstić information content (AvgIpc) is 2.55. The van der Waals surface area contributed by atoms with Crippen molar-refractivity contribution in [1.29, 1.82) is 0 Å². The summed E-state index contributed by atoms with van der Waals surface area (Å²) in [5.74, 6) is 0.877. The Morgan fingerprint density at radius 1 is 1.10 bits per heavy atom. The minimum atomic E-state index is 0.212. The largest absolute Gasteiger partial charge is 0.497 e. The van der Waals surface area contributed by atoms with Crippen molar-refractivity contribution < 1.29 is 4.74 Å². The highest BCUT2D eigenvalue weighted by Crippen LogP contribution is 2.22. The summed E-state index contributed by atoms with van der Waals surface area (Å²) in [6, 6.07) is 18.9. The van der Waals surface area contributed by atoms with Gasteiger partial charge in [0.05, 0.1) is 7.11 Å². The third-order valence-electron chi connectivity index (χ3n) is 3.83. The lowest BCUT2D eigenvalue weighted by molar-refractivity contribution is 0.252. The zero-order chi connectivity index (χ0) is 15.1. The summed E-state index contributed by atoms with van der Waals surface area (Å²) in [4.78, 5) is 2.31. The highest BCUT2D eigenvalue weighted by atomic mass is 16.5. The van der Waals surface area contributed by atoms with Crippen molar-refractivity contribution in [1.82, 2.24) is 4.90 Å². The van der Waals surface area contributed by atoms with E-state index in [0.29, 0.717) is 6.54 Å². The minimum Gasteiger partial charge on any atom is -0.497 e. The first-order valence-electron chi connectivity index (χ1n) is 7.32. The number of nitrogens with zero attached hydrogens (tertiary/aromatic N) is 1. The molecule has 2 aromatic rings. The Kier molecular flexibility index (Phi) is 5.78. The van der Waals surface area contributed by atoms with Gasteiger partial charge in [0.15, 0.2) is 0 Å². The number of benzene rings is 2. The van der Waals surface area contributed by atoms with Gasteiger partial charge in [0.1, 0.15) is 5.75 Å². The molecule has 21 heavy (non-hydrogen) atoms. The normalized spacial score (nSPS) is 12.4. The van der Waals surface area contributed by atoms with E-state index in [-0.39, 0.29) is 6.04 Å². The first-order valence-corrected chi connectivity index (χ1v) is 7.32. The monoisotopic (exact) mass is 284 g/mol. The van der Waals surface area contributed by atoms with E-state index in [4.69, 9.17) is 10.5 Å². The van der Waals surface area contributed by atoms with Gasteiger partial charge in [-0.3, -0.25) is 4.90 Å². The summed E-state index contributed by atoms with van der Waals surface area (Å²) in [6.07, 6.45) is 1.03. The molecule has 1 unspecified atom stereocenters. The van der Waals surface area contributed by atoms with Crippen molar-refractivity contribution in [3.63, 3.8) is 0 Å². The molecule has 112 valence electrons. The van der Waals surface area contributed by atoms with Crippen LogP contribution in [-0.4, -0.2) is 32.1 Å². The second-order valence-electron chi connectivity index (χ2n) is 5.24. The molecule has 0 heterocycles. The Morgan fingerprint density at radius 2 is 1.86 bits per heavy atom. The maximum atomic E-state index is 5.98. The molecule has 2 rings (SSSR count). The molecule has 1 atom stereocenters. The number of nitrogens with two attached hydrogens (primary N) is 1. The number of methoxy groups -OCH3 is 1. The molecule has 2 aromatic carbocycles. The van der Waals surface area contributed by atoms with Gasteiger partial charge in [0.2, 0.25) is 0 Å².